The molecule has 0 heterocycles. The molecular formula is C12H13NO4. The molecule has 1 aliphatic carbocycles. The standard InChI is InChI=1S/C12H13NO4/c1-12(2-3-12)11(17)13-8-4-7(10(15)16)5-9(14)6-8/h4-6,14H,2-3H2,1H3,(H,13,17)(H,15,16). The zero-order chi connectivity index (χ0) is 12.6. The quantitative estimate of drug-likeness (QED) is 0.745. The second-order valence-corrected chi connectivity index (χ2v) is 4.59. The Morgan fingerprint density at radius 3 is 2.47 bits per heavy atom. The van der Waals surface area contributed by atoms with Crippen LogP contribution in [0, 0.1) is 5.41 Å². The third kappa shape index (κ3) is 2.38. The second kappa shape index (κ2) is 3.76. The first-order valence-electron chi connectivity index (χ1n) is 5.29. The van der Waals surface area contributed by atoms with Gasteiger partial charge in [0, 0.05) is 17.2 Å². The Morgan fingerprint density at radius 1 is 1.29 bits per heavy atom. The lowest BCUT2D eigenvalue weighted by molar-refractivity contribution is -0.120. The highest BCUT2D eigenvalue weighted by atomic mass is 16.4. The SMILES string of the molecule is CC1(C(=O)Nc2cc(O)cc(C(=O)O)c2)CC1. The summed E-state index contributed by atoms with van der Waals surface area (Å²) in [5.41, 5.74) is -0.0868. The molecule has 2 rings (SSSR count). The fourth-order valence-corrected chi connectivity index (χ4v) is 1.50. The summed E-state index contributed by atoms with van der Waals surface area (Å²) < 4.78 is 0. The van der Waals surface area contributed by atoms with Gasteiger partial charge in [-0.25, -0.2) is 4.79 Å². The van der Waals surface area contributed by atoms with Crippen molar-refractivity contribution in [2.45, 2.75) is 19.8 Å². The number of nitrogens with one attached hydrogen (secondary N) is 1. The fraction of sp³-hybridized carbons (Fsp3) is 0.333. The van der Waals surface area contributed by atoms with Gasteiger partial charge >= 0.3 is 5.97 Å². The van der Waals surface area contributed by atoms with E-state index in [1.165, 1.54) is 12.1 Å². The molecule has 0 bridgehead atoms. The number of carbonyl (C=O) groups is 2. The van der Waals surface area contributed by atoms with Gasteiger partial charge in [-0.3, -0.25) is 4.79 Å². The number of phenolic OH excluding ortho intramolecular Hbond substituents is 1. The van der Waals surface area contributed by atoms with E-state index in [0.717, 1.165) is 18.9 Å². The number of carboxylic acids is 1. The number of rotatable bonds is 3. The van der Waals surface area contributed by atoms with E-state index in [1.54, 1.807) is 0 Å². The third-order valence-corrected chi connectivity index (χ3v) is 2.97. The average molecular weight is 235 g/mol. The maximum Gasteiger partial charge on any atom is 0.335 e. The molecule has 90 valence electrons. The van der Waals surface area contributed by atoms with Gasteiger partial charge in [0.05, 0.1) is 5.56 Å². The van der Waals surface area contributed by atoms with Crippen molar-refractivity contribution in [2.24, 2.45) is 5.41 Å². The number of phenols is 1. The van der Waals surface area contributed by atoms with Crippen LogP contribution in [-0.2, 0) is 4.79 Å². The fourth-order valence-electron chi connectivity index (χ4n) is 1.50. The van der Waals surface area contributed by atoms with Crippen LogP contribution in [0.1, 0.15) is 30.1 Å². The van der Waals surface area contributed by atoms with Crippen LogP contribution < -0.4 is 5.32 Å². The molecule has 1 amide bonds. The summed E-state index contributed by atoms with van der Waals surface area (Å²) in [6, 6.07) is 3.79. The number of carboxylic acid groups (broad SMARTS) is 1. The monoisotopic (exact) mass is 235 g/mol. The first-order chi connectivity index (χ1) is 7.90. The molecule has 3 N–H and O–H groups in total. The molecule has 0 unspecified atom stereocenters. The minimum Gasteiger partial charge on any atom is -0.508 e. The minimum atomic E-state index is -1.14. The van der Waals surface area contributed by atoms with Crippen molar-refractivity contribution in [3.8, 4) is 5.75 Å². The highest BCUT2D eigenvalue weighted by Gasteiger charge is 2.44. The van der Waals surface area contributed by atoms with Crippen LogP contribution in [0.3, 0.4) is 0 Å². The third-order valence-electron chi connectivity index (χ3n) is 2.97. The van der Waals surface area contributed by atoms with Crippen molar-refractivity contribution >= 4 is 17.6 Å². The van der Waals surface area contributed by atoms with Gasteiger partial charge < -0.3 is 15.5 Å². The van der Waals surface area contributed by atoms with Crippen molar-refractivity contribution in [1.29, 1.82) is 0 Å². The number of hydrogen-bond donors (Lipinski definition) is 3. The normalized spacial score (nSPS) is 16.3. The van der Waals surface area contributed by atoms with Crippen molar-refractivity contribution in [1.82, 2.24) is 0 Å². The van der Waals surface area contributed by atoms with E-state index in [9.17, 15) is 14.7 Å². The molecule has 5 heteroatoms. The van der Waals surface area contributed by atoms with E-state index >= 15 is 0 Å². The zero-order valence-electron chi connectivity index (χ0n) is 9.36. The van der Waals surface area contributed by atoms with Gasteiger partial charge in [0.1, 0.15) is 5.75 Å². The molecule has 1 aliphatic rings. The first-order valence-corrected chi connectivity index (χ1v) is 5.29. The summed E-state index contributed by atoms with van der Waals surface area (Å²) in [6.07, 6.45) is 1.67. The van der Waals surface area contributed by atoms with Crippen molar-refractivity contribution < 1.29 is 19.8 Å². The van der Waals surface area contributed by atoms with E-state index in [4.69, 9.17) is 5.11 Å². The predicted molar refractivity (Wildman–Crippen MR) is 61.0 cm³/mol. The van der Waals surface area contributed by atoms with Crippen LogP contribution in [0.4, 0.5) is 5.69 Å². The molecule has 0 aromatic heterocycles. The zero-order valence-corrected chi connectivity index (χ0v) is 9.36. The Balaban J connectivity index is 2.21. The number of benzene rings is 1. The van der Waals surface area contributed by atoms with E-state index in [-0.39, 0.29) is 22.6 Å². The Morgan fingerprint density at radius 2 is 1.94 bits per heavy atom. The summed E-state index contributed by atoms with van der Waals surface area (Å²) in [6.45, 7) is 1.85. The highest BCUT2D eigenvalue weighted by molar-refractivity contribution is 5.98. The molecule has 0 spiro atoms. The topological polar surface area (TPSA) is 86.6 Å². The van der Waals surface area contributed by atoms with Crippen LogP contribution in [0.2, 0.25) is 0 Å². The van der Waals surface area contributed by atoms with E-state index < -0.39 is 5.97 Å². The molecule has 0 atom stereocenters. The molecule has 5 nitrogen and oxygen atoms in total. The number of aromatic carboxylic acids is 1. The summed E-state index contributed by atoms with van der Waals surface area (Å²) in [4.78, 5) is 22.5. The van der Waals surface area contributed by atoms with Crippen molar-refractivity contribution in [3.05, 3.63) is 23.8 Å². The molecule has 0 radical (unpaired) electrons. The number of carbonyl (C=O) groups excluding carboxylic acids is 1. The number of hydrogen-bond acceptors (Lipinski definition) is 3. The van der Waals surface area contributed by atoms with Crippen LogP contribution >= 0.6 is 0 Å². The van der Waals surface area contributed by atoms with Gasteiger partial charge in [-0.15, -0.1) is 0 Å². The lowest BCUT2D eigenvalue weighted by Crippen LogP contribution is -2.21. The average Bonchev–Trinajstić information content (AvgIpc) is 2.97. The summed E-state index contributed by atoms with van der Waals surface area (Å²) in [7, 11) is 0. The Bertz CT molecular complexity index is 491. The molecule has 17 heavy (non-hydrogen) atoms. The summed E-state index contributed by atoms with van der Waals surface area (Å²) >= 11 is 0. The largest absolute Gasteiger partial charge is 0.508 e. The number of aromatic hydroxyl groups is 1. The number of anilines is 1. The van der Waals surface area contributed by atoms with Gasteiger partial charge in [0.25, 0.3) is 0 Å². The van der Waals surface area contributed by atoms with Crippen LogP contribution in [0.15, 0.2) is 18.2 Å². The van der Waals surface area contributed by atoms with E-state index in [0.29, 0.717) is 5.69 Å². The van der Waals surface area contributed by atoms with Gasteiger partial charge in [0.15, 0.2) is 0 Å². The minimum absolute atomic E-state index is 0.0544. The lowest BCUT2D eigenvalue weighted by atomic mass is 10.1. The van der Waals surface area contributed by atoms with E-state index in [1.807, 2.05) is 6.92 Å². The molecule has 0 saturated heterocycles. The van der Waals surface area contributed by atoms with E-state index in [2.05, 4.69) is 5.32 Å². The van der Waals surface area contributed by atoms with Gasteiger partial charge in [0.2, 0.25) is 5.91 Å². The summed E-state index contributed by atoms with van der Waals surface area (Å²) in [5.74, 6) is -1.46. The smallest absolute Gasteiger partial charge is 0.335 e. The Labute approximate surface area is 98.1 Å². The van der Waals surface area contributed by atoms with Gasteiger partial charge in [-0.2, -0.15) is 0 Å². The molecule has 1 aromatic carbocycles. The molecule has 1 fully saturated rings. The Kier molecular flexibility index (Phi) is 2.53. The van der Waals surface area contributed by atoms with Crippen molar-refractivity contribution in [3.63, 3.8) is 0 Å². The van der Waals surface area contributed by atoms with Crippen LogP contribution in [-0.4, -0.2) is 22.1 Å². The lowest BCUT2D eigenvalue weighted by Gasteiger charge is -2.10. The summed E-state index contributed by atoms with van der Waals surface area (Å²) in [5, 5.41) is 20.8. The predicted octanol–water partition coefficient (Wildman–Crippen LogP) is 1.83. The molecule has 0 aliphatic heterocycles. The van der Waals surface area contributed by atoms with Gasteiger partial charge in [-0.05, 0) is 25.0 Å². The highest BCUT2D eigenvalue weighted by Crippen LogP contribution is 2.45. The molecule has 1 aromatic rings. The molecular weight excluding hydrogens is 222 g/mol. The van der Waals surface area contributed by atoms with Crippen molar-refractivity contribution in [2.75, 3.05) is 5.32 Å². The van der Waals surface area contributed by atoms with Crippen LogP contribution in [0.5, 0.6) is 5.75 Å². The number of amides is 1. The second-order valence-electron chi connectivity index (χ2n) is 4.59. The maximum absolute atomic E-state index is 11.7. The van der Waals surface area contributed by atoms with Gasteiger partial charge in [-0.1, -0.05) is 6.92 Å². The van der Waals surface area contributed by atoms with Crippen LogP contribution in [0.25, 0.3) is 0 Å². The Hall–Kier alpha value is -2.04. The first kappa shape index (κ1) is 11.4. The molecule has 1 saturated carbocycles. The maximum atomic E-state index is 11.7.